The van der Waals surface area contributed by atoms with Gasteiger partial charge in [-0.05, 0) is 37.5 Å². The molecule has 108 valence electrons. The van der Waals surface area contributed by atoms with E-state index in [9.17, 15) is 16.8 Å². The van der Waals surface area contributed by atoms with E-state index in [-0.39, 0.29) is 10.6 Å². The Kier molecular flexibility index (Phi) is 5.79. The van der Waals surface area contributed by atoms with Crippen LogP contribution in [0.1, 0.15) is 18.9 Å². The summed E-state index contributed by atoms with van der Waals surface area (Å²) in [7, 11) is -1.63. The number of aryl methyl sites for hydroxylation is 1. The summed E-state index contributed by atoms with van der Waals surface area (Å²) in [6.07, 6.45) is 1.31. The second-order valence-corrected chi connectivity index (χ2v) is 8.64. The molecule has 0 atom stereocenters. The molecule has 1 N–H and O–H groups in total. The first kappa shape index (κ1) is 16.4. The Morgan fingerprint density at radius 1 is 1.11 bits per heavy atom. The molecule has 1 aromatic carbocycles. The highest BCUT2D eigenvalue weighted by Gasteiger charge is 2.09. The van der Waals surface area contributed by atoms with Crippen molar-refractivity contribution in [1.29, 1.82) is 0 Å². The van der Waals surface area contributed by atoms with Crippen LogP contribution >= 0.6 is 10.7 Å². The molecule has 0 aliphatic rings. The van der Waals surface area contributed by atoms with Crippen LogP contribution in [0.15, 0.2) is 29.2 Å². The molecule has 0 fully saturated rings. The van der Waals surface area contributed by atoms with Crippen molar-refractivity contribution in [2.75, 3.05) is 12.3 Å². The van der Waals surface area contributed by atoms with Crippen molar-refractivity contribution < 1.29 is 16.8 Å². The Labute approximate surface area is 118 Å². The van der Waals surface area contributed by atoms with E-state index in [4.69, 9.17) is 10.7 Å². The third kappa shape index (κ3) is 5.90. The minimum atomic E-state index is -3.69. The van der Waals surface area contributed by atoms with Crippen LogP contribution in [-0.2, 0) is 25.5 Å². The predicted molar refractivity (Wildman–Crippen MR) is 75.3 cm³/mol. The number of sulfonamides is 1. The number of halogens is 1. The Balaban J connectivity index is 2.47. The lowest BCUT2D eigenvalue weighted by atomic mass is 10.1. The maximum atomic E-state index is 11.2. The summed E-state index contributed by atoms with van der Waals surface area (Å²) in [5.74, 6) is 0.0648. The van der Waals surface area contributed by atoms with Crippen LogP contribution in [0.5, 0.6) is 0 Å². The van der Waals surface area contributed by atoms with Gasteiger partial charge in [-0.25, -0.2) is 21.6 Å². The van der Waals surface area contributed by atoms with Gasteiger partial charge in [-0.3, -0.25) is 0 Å². The molecular formula is C11H16ClNO4S2. The number of hydrogen-bond donors (Lipinski definition) is 1. The lowest BCUT2D eigenvalue weighted by Gasteiger charge is -2.05. The summed E-state index contributed by atoms with van der Waals surface area (Å²) < 4.78 is 46.9. The maximum absolute atomic E-state index is 11.2. The fourth-order valence-corrected chi connectivity index (χ4v) is 2.87. The lowest BCUT2D eigenvalue weighted by molar-refractivity contribution is 0.580. The Hall–Kier alpha value is -0.630. The molecule has 0 saturated carbocycles. The van der Waals surface area contributed by atoms with E-state index in [2.05, 4.69) is 4.72 Å². The van der Waals surface area contributed by atoms with Gasteiger partial charge in [0, 0.05) is 17.2 Å². The van der Waals surface area contributed by atoms with Crippen molar-refractivity contribution in [2.24, 2.45) is 0 Å². The zero-order chi connectivity index (χ0) is 14.5. The highest BCUT2D eigenvalue weighted by molar-refractivity contribution is 8.13. The summed E-state index contributed by atoms with van der Waals surface area (Å²) >= 11 is 0. The van der Waals surface area contributed by atoms with E-state index in [1.807, 2.05) is 0 Å². The molecule has 0 saturated heterocycles. The van der Waals surface area contributed by atoms with Gasteiger partial charge in [0.05, 0.1) is 10.6 Å². The van der Waals surface area contributed by atoms with Crippen LogP contribution in [-0.4, -0.2) is 29.1 Å². The van der Waals surface area contributed by atoms with E-state index in [1.165, 1.54) is 12.1 Å². The quantitative estimate of drug-likeness (QED) is 0.608. The summed E-state index contributed by atoms with van der Waals surface area (Å²) in [5.41, 5.74) is 0.930. The smallest absolute Gasteiger partial charge is 0.215 e. The Bertz CT molecular complexity index is 609. The molecule has 0 bridgehead atoms. The average Bonchev–Trinajstić information content (AvgIpc) is 2.34. The van der Waals surface area contributed by atoms with Crippen LogP contribution in [0.3, 0.4) is 0 Å². The van der Waals surface area contributed by atoms with Crippen LogP contribution in [0.4, 0.5) is 0 Å². The second kappa shape index (κ2) is 6.69. The predicted octanol–water partition coefficient (Wildman–Crippen LogP) is 1.49. The average molecular weight is 326 g/mol. The van der Waals surface area contributed by atoms with Gasteiger partial charge >= 0.3 is 0 Å². The van der Waals surface area contributed by atoms with Gasteiger partial charge in [0.25, 0.3) is 9.05 Å². The highest BCUT2D eigenvalue weighted by Crippen LogP contribution is 2.15. The molecule has 1 rings (SSSR count). The molecule has 0 aliphatic carbocycles. The van der Waals surface area contributed by atoms with Crippen molar-refractivity contribution in [2.45, 2.75) is 24.7 Å². The summed E-state index contributed by atoms with van der Waals surface area (Å²) in [6.45, 7) is 1.94. The van der Waals surface area contributed by atoms with Crippen LogP contribution in [0.25, 0.3) is 0 Å². The van der Waals surface area contributed by atoms with Gasteiger partial charge in [0.2, 0.25) is 10.0 Å². The zero-order valence-electron chi connectivity index (χ0n) is 10.5. The fraction of sp³-hybridized carbons (Fsp3) is 0.455. The number of benzene rings is 1. The number of rotatable bonds is 7. The first-order valence-corrected chi connectivity index (χ1v) is 9.72. The molecule has 0 spiro atoms. The lowest BCUT2D eigenvalue weighted by Crippen LogP contribution is -2.26. The van der Waals surface area contributed by atoms with Gasteiger partial charge in [-0.1, -0.05) is 12.1 Å². The SMILES string of the molecule is CCS(=O)(=O)NCCCc1ccc(S(=O)(=O)Cl)cc1. The van der Waals surface area contributed by atoms with Gasteiger partial charge < -0.3 is 0 Å². The highest BCUT2D eigenvalue weighted by atomic mass is 35.7. The zero-order valence-corrected chi connectivity index (χ0v) is 12.9. The van der Waals surface area contributed by atoms with E-state index < -0.39 is 19.1 Å². The van der Waals surface area contributed by atoms with Gasteiger partial charge in [0.15, 0.2) is 0 Å². The molecule has 0 radical (unpaired) electrons. The minimum absolute atomic E-state index is 0.0598. The van der Waals surface area contributed by atoms with E-state index >= 15 is 0 Å². The minimum Gasteiger partial charge on any atom is -0.215 e. The van der Waals surface area contributed by atoms with Crippen molar-refractivity contribution in [3.63, 3.8) is 0 Å². The van der Waals surface area contributed by atoms with E-state index in [1.54, 1.807) is 19.1 Å². The number of nitrogens with one attached hydrogen (secondary N) is 1. The van der Waals surface area contributed by atoms with Crippen molar-refractivity contribution in [1.82, 2.24) is 4.72 Å². The molecule has 0 aliphatic heterocycles. The largest absolute Gasteiger partial charge is 0.261 e. The fourth-order valence-electron chi connectivity index (χ4n) is 1.44. The third-order valence-electron chi connectivity index (χ3n) is 2.55. The van der Waals surface area contributed by atoms with Crippen LogP contribution in [0.2, 0.25) is 0 Å². The van der Waals surface area contributed by atoms with Crippen molar-refractivity contribution in [3.05, 3.63) is 29.8 Å². The molecule has 1 aromatic rings. The van der Waals surface area contributed by atoms with Gasteiger partial charge in [0.1, 0.15) is 0 Å². The molecule has 0 aromatic heterocycles. The molecule has 5 nitrogen and oxygen atoms in total. The third-order valence-corrected chi connectivity index (χ3v) is 5.32. The summed E-state index contributed by atoms with van der Waals surface area (Å²) in [4.78, 5) is 0.0598. The Morgan fingerprint density at radius 2 is 1.68 bits per heavy atom. The monoisotopic (exact) mass is 325 g/mol. The molecule has 8 heteroatoms. The topological polar surface area (TPSA) is 80.3 Å². The van der Waals surface area contributed by atoms with Crippen LogP contribution < -0.4 is 4.72 Å². The second-order valence-electron chi connectivity index (χ2n) is 3.98. The first-order chi connectivity index (χ1) is 8.74. The maximum Gasteiger partial charge on any atom is 0.261 e. The standard InChI is InChI=1S/C11H16ClNO4S2/c1-2-18(14,15)13-9-3-4-10-5-7-11(8-6-10)19(12,16)17/h5-8,13H,2-4,9H2,1H3. The Morgan fingerprint density at radius 3 is 2.16 bits per heavy atom. The molecule has 19 heavy (non-hydrogen) atoms. The van der Waals surface area contributed by atoms with Gasteiger partial charge in [-0.15, -0.1) is 0 Å². The summed E-state index contributed by atoms with van der Waals surface area (Å²) in [6, 6.07) is 6.22. The summed E-state index contributed by atoms with van der Waals surface area (Å²) in [5, 5.41) is 0. The normalized spacial score (nSPS) is 12.5. The molecular weight excluding hydrogens is 310 g/mol. The first-order valence-electron chi connectivity index (χ1n) is 5.75. The van der Waals surface area contributed by atoms with Crippen molar-refractivity contribution >= 4 is 29.8 Å². The van der Waals surface area contributed by atoms with Crippen molar-refractivity contribution in [3.8, 4) is 0 Å². The van der Waals surface area contributed by atoms with E-state index in [0.29, 0.717) is 19.4 Å². The molecule has 0 amide bonds. The van der Waals surface area contributed by atoms with Gasteiger partial charge in [-0.2, -0.15) is 0 Å². The van der Waals surface area contributed by atoms with Crippen LogP contribution in [0, 0.1) is 0 Å². The molecule has 0 unspecified atom stereocenters. The van der Waals surface area contributed by atoms with E-state index in [0.717, 1.165) is 5.56 Å². The number of hydrogen-bond acceptors (Lipinski definition) is 4. The molecule has 0 heterocycles.